The molecule has 0 aromatic heterocycles. The summed E-state index contributed by atoms with van der Waals surface area (Å²) in [5, 5.41) is 3.74. The van der Waals surface area contributed by atoms with E-state index in [9.17, 15) is 0 Å². The summed E-state index contributed by atoms with van der Waals surface area (Å²) >= 11 is 2.05. The van der Waals surface area contributed by atoms with Crippen LogP contribution >= 0.6 is 11.8 Å². The molecule has 1 aromatic rings. The summed E-state index contributed by atoms with van der Waals surface area (Å²) in [6, 6.07) is 9.66. The molecule has 0 heterocycles. The van der Waals surface area contributed by atoms with Crippen LogP contribution in [0.5, 0.6) is 0 Å². The molecule has 0 radical (unpaired) electrons. The van der Waals surface area contributed by atoms with Crippen molar-refractivity contribution in [3.63, 3.8) is 0 Å². The van der Waals surface area contributed by atoms with Crippen molar-refractivity contribution in [3.8, 4) is 0 Å². The van der Waals surface area contributed by atoms with Gasteiger partial charge in [-0.1, -0.05) is 31.2 Å². The average molecular weight is 277 g/mol. The molecule has 0 bridgehead atoms. The van der Waals surface area contributed by atoms with Gasteiger partial charge in [-0.05, 0) is 61.2 Å². The molecule has 1 aliphatic rings. The summed E-state index contributed by atoms with van der Waals surface area (Å²) in [4.78, 5) is 0. The Kier molecular flexibility index (Phi) is 6.25. The molecule has 2 unspecified atom stereocenters. The first-order valence-corrected chi connectivity index (χ1v) is 8.85. The lowest BCUT2D eigenvalue weighted by molar-refractivity contribution is 0.460. The summed E-state index contributed by atoms with van der Waals surface area (Å²) in [6.45, 7) is 5.71. The summed E-state index contributed by atoms with van der Waals surface area (Å²) in [6.07, 6.45) is 5.26. The zero-order chi connectivity index (χ0) is 13.5. The largest absolute Gasteiger partial charge is 0.314 e. The molecule has 0 saturated carbocycles. The van der Waals surface area contributed by atoms with E-state index >= 15 is 0 Å². The number of hydrogen-bond acceptors (Lipinski definition) is 2. The fourth-order valence-electron chi connectivity index (χ4n) is 2.92. The van der Waals surface area contributed by atoms with Gasteiger partial charge in [0.1, 0.15) is 0 Å². The summed E-state index contributed by atoms with van der Waals surface area (Å²) in [5.74, 6) is 3.25. The van der Waals surface area contributed by atoms with E-state index in [0.29, 0.717) is 6.04 Å². The fourth-order valence-corrected chi connectivity index (χ4v) is 3.73. The van der Waals surface area contributed by atoms with Gasteiger partial charge in [-0.15, -0.1) is 0 Å². The molecule has 1 aromatic carbocycles. The molecule has 1 N–H and O–H groups in total. The Balaban J connectivity index is 1.80. The maximum Gasteiger partial charge on any atom is 0.00468 e. The van der Waals surface area contributed by atoms with Gasteiger partial charge >= 0.3 is 0 Å². The van der Waals surface area contributed by atoms with Crippen molar-refractivity contribution in [3.05, 3.63) is 35.4 Å². The van der Waals surface area contributed by atoms with Gasteiger partial charge in [-0.2, -0.15) is 11.8 Å². The lowest BCUT2D eigenvalue weighted by Gasteiger charge is -2.27. The Labute approximate surface area is 122 Å². The second-order valence-electron chi connectivity index (χ2n) is 5.58. The van der Waals surface area contributed by atoms with Crippen molar-refractivity contribution in [1.29, 1.82) is 0 Å². The van der Waals surface area contributed by atoms with Crippen LogP contribution in [0.15, 0.2) is 24.3 Å². The minimum Gasteiger partial charge on any atom is -0.314 e. The highest BCUT2D eigenvalue weighted by atomic mass is 32.2. The highest BCUT2D eigenvalue weighted by Gasteiger charge is 2.19. The van der Waals surface area contributed by atoms with Crippen LogP contribution in [0.3, 0.4) is 0 Å². The van der Waals surface area contributed by atoms with E-state index in [0.717, 1.165) is 12.5 Å². The second kappa shape index (κ2) is 7.96. The number of aryl methyl sites for hydroxylation is 1. The van der Waals surface area contributed by atoms with Crippen molar-refractivity contribution >= 4 is 11.8 Å². The fraction of sp³-hybridized carbons (Fsp3) is 0.647. The number of benzene rings is 1. The number of fused-ring (bicyclic) bond motifs is 1. The summed E-state index contributed by atoms with van der Waals surface area (Å²) in [7, 11) is 0. The Hall–Kier alpha value is -0.470. The third kappa shape index (κ3) is 4.54. The van der Waals surface area contributed by atoms with Gasteiger partial charge in [0, 0.05) is 12.6 Å². The van der Waals surface area contributed by atoms with Crippen LogP contribution in [0.4, 0.5) is 0 Å². The van der Waals surface area contributed by atoms with Crippen LogP contribution in [0.1, 0.15) is 50.2 Å². The van der Waals surface area contributed by atoms with E-state index in [1.165, 1.54) is 37.2 Å². The first-order valence-electron chi connectivity index (χ1n) is 7.70. The zero-order valence-electron chi connectivity index (χ0n) is 12.3. The number of hydrogen-bond donors (Lipinski definition) is 1. The molecule has 0 amide bonds. The van der Waals surface area contributed by atoms with E-state index < -0.39 is 0 Å². The number of nitrogens with one attached hydrogen (secondary N) is 1. The Morgan fingerprint density at radius 2 is 2.21 bits per heavy atom. The van der Waals surface area contributed by atoms with Gasteiger partial charge in [0.05, 0.1) is 0 Å². The molecular formula is C17H27NS. The maximum absolute atomic E-state index is 3.74. The van der Waals surface area contributed by atoms with Gasteiger partial charge < -0.3 is 5.32 Å². The van der Waals surface area contributed by atoms with Crippen LogP contribution in [-0.4, -0.2) is 24.1 Å². The third-order valence-corrected chi connectivity index (χ3v) is 5.04. The lowest BCUT2D eigenvalue weighted by atomic mass is 9.83. The van der Waals surface area contributed by atoms with Crippen molar-refractivity contribution in [1.82, 2.24) is 5.32 Å². The van der Waals surface area contributed by atoms with E-state index in [-0.39, 0.29) is 0 Å². The quantitative estimate of drug-likeness (QED) is 0.749. The molecule has 0 spiro atoms. The maximum atomic E-state index is 3.74. The Bertz CT molecular complexity index is 377. The van der Waals surface area contributed by atoms with Gasteiger partial charge in [0.25, 0.3) is 0 Å². The van der Waals surface area contributed by atoms with Crippen LogP contribution in [-0.2, 0) is 6.42 Å². The topological polar surface area (TPSA) is 12.0 Å². The van der Waals surface area contributed by atoms with E-state index in [4.69, 9.17) is 0 Å². The molecular weight excluding hydrogens is 250 g/mol. The third-order valence-electron chi connectivity index (χ3n) is 4.11. The monoisotopic (exact) mass is 277 g/mol. The molecule has 2 heteroatoms. The van der Waals surface area contributed by atoms with Crippen LogP contribution in [0.25, 0.3) is 0 Å². The first-order chi connectivity index (χ1) is 9.31. The first kappa shape index (κ1) is 14.9. The second-order valence-corrected chi connectivity index (χ2v) is 6.98. The van der Waals surface area contributed by atoms with Crippen LogP contribution in [0, 0.1) is 0 Å². The highest BCUT2D eigenvalue weighted by Crippen LogP contribution is 2.30. The summed E-state index contributed by atoms with van der Waals surface area (Å²) in [5.41, 5.74) is 3.17. The molecule has 2 rings (SSSR count). The zero-order valence-corrected chi connectivity index (χ0v) is 13.1. The van der Waals surface area contributed by atoms with Crippen LogP contribution < -0.4 is 5.32 Å². The molecule has 2 atom stereocenters. The highest BCUT2D eigenvalue weighted by molar-refractivity contribution is 7.99. The number of rotatable bonds is 7. The van der Waals surface area contributed by atoms with Crippen molar-refractivity contribution < 1.29 is 0 Å². The molecule has 0 aliphatic heterocycles. The molecule has 0 saturated heterocycles. The summed E-state index contributed by atoms with van der Waals surface area (Å²) < 4.78 is 0. The van der Waals surface area contributed by atoms with Gasteiger partial charge in [-0.3, -0.25) is 0 Å². The Morgan fingerprint density at radius 3 is 3.05 bits per heavy atom. The predicted octanol–water partition coefficient (Wildman–Crippen LogP) is 4.23. The standard InChI is InChI=1S/C17H27NS/c1-3-19-12-11-14(2)18-13-16-9-6-8-15-7-4-5-10-17(15)16/h4-5,7,10,14,16,18H,3,6,8-9,11-13H2,1-2H3. The molecule has 0 fully saturated rings. The van der Waals surface area contributed by atoms with Gasteiger partial charge in [0.2, 0.25) is 0 Å². The SMILES string of the molecule is CCSCCC(C)NCC1CCCc2ccccc21. The van der Waals surface area contributed by atoms with E-state index in [2.05, 4.69) is 43.4 Å². The number of thioether (sulfide) groups is 1. The normalized spacial score (nSPS) is 20.0. The molecule has 1 aliphatic carbocycles. The van der Waals surface area contributed by atoms with E-state index in [1.54, 1.807) is 11.1 Å². The predicted molar refractivity (Wildman–Crippen MR) is 87.2 cm³/mol. The van der Waals surface area contributed by atoms with Crippen molar-refractivity contribution in [2.75, 3.05) is 18.1 Å². The van der Waals surface area contributed by atoms with Gasteiger partial charge in [-0.25, -0.2) is 0 Å². The van der Waals surface area contributed by atoms with Crippen molar-refractivity contribution in [2.24, 2.45) is 0 Å². The van der Waals surface area contributed by atoms with Crippen molar-refractivity contribution in [2.45, 2.75) is 51.5 Å². The van der Waals surface area contributed by atoms with E-state index in [1.807, 2.05) is 11.8 Å². The molecule has 19 heavy (non-hydrogen) atoms. The minimum atomic E-state index is 0.646. The smallest absolute Gasteiger partial charge is 0.00468 e. The molecule has 106 valence electrons. The van der Waals surface area contributed by atoms with Gasteiger partial charge in [0.15, 0.2) is 0 Å². The average Bonchev–Trinajstić information content (AvgIpc) is 2.45. The minimum absolute atomic E-state index is 0.646. The Morgan fingerprint density at radius 1 is 1.37 bits per heavy atom. The molecule has 1 nitrogen and oxygen atoms in total. The van der Waals surface area contributed by atoms with Crippen LogP contribution in [0.2, 0.25) is 0 Å². The lowest BCUT2D eigenvalue weighted by Crippen LogP contribution is -2.32.